The Morgan fingerprint density at radius 2 is 1.83 bits per heavy atom. The molecule has 0 spiro atoms. The van der Waals surface area contributed by atoms with E-state index in [2.05, 4.69) is 25.7 Å². The molecule has 0 aliphatic heterocycles. The fourth-order valence-electron chi connectivity index (χ4n) is 5.09. The minimum atomic E-state index is -2.83. The van der Waals surface area contributed by atoms with E-state index in [-0.39, 0.29) is 42.8 Å². The molecule has 2 unspecified atom stereocenters. The maximum atomic E-state index is 13.9. The Bertz CT molecular complexity index is 1400. The Kier molecular flexibility index (Phi) is 9.46. The molecule has 15 heteroatoms. The fraction of sp³-hybridized carbons (Fsp3) is 0.556. The molecule has 230 valence electrons. The van der Waals surface area contributed by atoms with Gasteiger partial charge in [-0.2, -0.15) is 5.10 Å². The summed E-state index contributed by atoms with van der Waals surface area (Å²) in [6, 6.07) is 3.14. The van der Waals surface area contributed by atoms with Gasteiger partial charge in [0, 0.05) is 18.5 Å². The smallest absolute Gasteiger partial charge is 0.258 e. The number of hydrogen-bond acceptors (Lipinski definition) is 4. The summed E-state index contributed by atoms with van der Waals surface area (Å²) in [6.07, 6.45) is -7.34. The summed E-state index contributed by atoms with van der Waals surface area (Å²) >= 11 is 0. The number of nitrogens with zero attached hydrogens (tertiary/aromatic N) is 3. The number of aromatic nitrogens is 4. The number of nitrogens with one attached hydrogen (secondary N) is 3. The molecule has 0 saturated heterocycles. The van der Waals surface area contributed by atoms with Gasteiger partial charge in [-0.05, 0) is 50.3 Å². The molecule has 3 N–H and O–H groups in total. The molecule has 2 amide bonds. The van der Waals surface area contributed by atoms with Crippen LogP contribution in [0.15, 0.2) is 24.4 Å². The number of hydrogen-bond donors (Lipinski definition) is 3. The molecule has 1 aliphatic rings. The van der Waals surface area contributed by atoms with Crippen LogP contribution in [-0.2, 0) is 11.3 Å². The molecule has 42 heavy (non-hydrogen) atoms. The van der Waals surface area contributed by atoms with Crippen LogP contribution in [-0.4, -0.2) is 62.9 Å². The van der Waals surface area contributed by atoms with Gasteiger partial charge < -0.3 is 15.6 Å². The molecule has 1 fully saturated rings. The van der Waals surface area contributed by atoms with Crippen LogP contribution in [0.1, 0.15) is 72.1 Å². The lowest BCUT2D eigenvalue weighted by Crippen LogP contribution is -2.39. The van der Waals surface area contributed by atoms with Crippen LogP contribution in [0, 0.1) is 12.8 Å². The van der Waals surface area contributed by atoms with E-state index in [0.717, 1.165) is 4.68 Å². The first-order chi connectivity index (χ1) is 19.8. The van der Waals surface area contributed by atoms with E-state index in [1.165, 1.54) is 20.0 Å². The van der Waals surface area contributed by atoms with Crippen molar-refractivity contribution in [1.29, 1.82) is 0 Å². The van der Waals surface area contributed by atoms with Crippen molar-refractivity contribution in [3.05, 3.63) is 47.0 Å². The summed E-state index contributed by atoms with van der Waals surface area (Å²) in [7, 11) is 0. The average Bonchev–Trinajstić information content (AvgIpc) is 3.53. The van der Waals surface area contributed by atoms with E-state index < -0.39 is 67.7 Å². The van der Waals surface area contributed by atoms with Gasteiger partial charge in [0.1, 0.15) is 19.0 Å². The Balaban J connectivity index is 1.59. The maximum absolute atomic E-state index is 13.9. The number of imidazole rings is 1. The molecule has 1 aliphatic carbocycles. The number of carbonyl (C=O) groups is 2. The Labute approximate surface area is 236 Å². The van der Waals surface area contributed by atoms with Crippen molar-refractivity contribution in [1.82, 2.24) is 30.4 Å². The molecule has 8 nitrogen and oxygen atoms in total. The van der Waals surface area contributed by atoms with Gasteiger partial charge in [-0.15, -0.1) is 0 Å². The third kappa shape index (κ3) is 7.04. The monoisotopic (exact) mass is 604 g/mol. The molecule has 2 heterocycles. The van der Waals surface area contributed by atoms with E-state index >= 15 is 0 Å². The van der Waals surface area contributed by atoms with Gasteiger partial charge >= 0.3 is 0 Å². The van der Waals surface area contributed by atoms with Crippen LogP contribution in [0.4, 0.5) is 30.7 Å². The molecule has 3 aromatic rings. The number of aromatic amines is 1. The predicted molar refractivity (Wildman–Crippen MR) is 138 cm³/mol. The zero-order chi connectivity index (χ0) is 30.8. The van der Waals surface area contributed by atoms with Crippen LogP contribution < -0.4 is 10.6 Å². The highest BCUT2D eigenvalue weighted by molar-refractivity contribution is 5.95. The number of fused-ring (bicyclic) bond motifs is 1. The van der Waals surface area contributed by atoms with Crippen LogP contribution in [0.5, 0.6) is 0 Å². The topological polar surface area (TPSA) is 105 Å². The zero-order valence-electron chi connectivity index (χ0n) is 22.8. The van der Waals surface area contributed by atoms with Crippen LogP contribution >= 0.6 is 0 Å². The summed E-state index contributed by atoms with van der Waals surface area (Å²) in [4.78, 5) is 32.8. The first-order valence-corrected chi connectivity index (χ1v) is 13.4. The fourth-order valence-corrected chi connectivity index (χ4v) is 5.09. The molecule has 4 rings (SSSR count). The van der Waals surface area contributed by atoms with Gasteiger partial charge in [-0.3, -0.25) is 14.3 Å². The Morgan fingerprint density at radius 1 is 1.14 bits per heavy atom. The first kappa shape index (κ1) is 31.3. The number of rotatable bonds is 11. The number of halogens is 7. The van der Waals surface area contributed by atoms with Gasteiger partial charge in [0.2, 0.25) is 12.1 Å². The van der Waals surface area contributed by atoms with Crippen molar-refractivity contribution in [2.45, 2.75) is 82.9 Å². The lowest BCUT2D eigenvalue weighted by Gasteiger charge is -2.33. The third-order valence-corrected chi connectivity index (χ3v) is 7.57. The van der Waals surface area contributed by atoms with E-state index in [9.17, 15) is 40.3 Å². The summed E-state index contributed by atoms with van der Waals surface area (Å²) in [5, 5.41) is 8.97. The molecule has 2 aromatic heterocycles. The molecule has 0 bridgehead atoms. The van der Waals surface area contributed by atoms with Crippen molar-refractivity contribution in [3.63, 3.8) is 0 Å². The second-order valence-corrected chi connectivity index (χ2v) is 10.6. The molecule has 1 saturated carbocycles. The summed E-state index contributed by atoms with van der Waals surface area (Å²) in [6.45, 7) is 0.661. The zero-order valence-corrected chi connectivity index (χ0v) is 22.8. The second-order valence-electron chi connectivity index (χ2n) is 10.6. The van der Waals surface area contributed by atoms with Gasteiger partial charge in [0.15, 0.2) is 6.17 Å². The lowest BCUT2D eigenvalue weighted by atomic mass is 9.81. The van der Waals surface area contributed by atoms with Crippen LogP contribution in [0.3, 0.4) is 0 Å². The van der Waals surface area contributed by atoms with E-state index in [1.54, 1.807) is 18.2 Å². The highest BCUT2D eigenvalue weighted by Crippen LogP contribution is 2.41. The number of alkyl halides is 7. The van der Waals surface area contributed by atoms with Gasteiger partial charge in [-0.25, -0.2) is 35.7 Å². The lowest BCUT2D eigenvalue weighted by molar-refractivity contribution is -0.129. The van der Waals surface area contributed by atoms with Crippen molar-refractivity contribution in [3.8, 4) is 0 Å². The van der Waals surface area contributed by atoms with Crippen LogP contribution in [0.2, 0.25) is 0 Å². The van der Waals surface area contributed by atoms with Crippen molar-refractivity contribution >= 4 is 22.8 Å². The molecular weight excluding hydrogens is 573 g/mol. The SMILES string of the molecule is Cc1c(C(=O)N[C@H](c2nc3ccc([C@@H](C)NC(=O)C(F)C(F)CF)cc3[nH]2)C2CCC(F)(F)CC2)cnn1CC(F)F. The highest BCUT2D eigenvalue weighted by Gasteiger charge is 2.40. The van der Waals surface area contributed by atoms with Crippen molar-refractivity contribution in [2.24, 2.45) is 5.92 Å². The Morgan fingerprint density at radius 3 is 2.48 bits per heavy atom. The normalized spacial score (nSPS) is 18.5. The quantitative estimate of drug-likeness (QED) is 0.253. The number of carbonyl (C=O) groups excluding carboxylic acids is 2. The number of H-pyrrole nitrogens is 1. The summed E-state index contributed by atoms with van der Waals surface area (Å²) in [5.74, 6) is -4.91. The second kappa shape index (κ2) is 12.7. The van der Waals surface area contributed by atoms with Gasteiger partial charge in [0.25, 0.3) is 18.2 Å². The molecule has 0 radical (unpaired) electrons. The predicted octanol–water partition coefficient (Wildman–Crippen LogP) is 5.45. The Hall–Kier alpha value is -3.65. The molecular formula is C27H31F7N6O2. The van der Waals surface area contributed by atoms with Gasteiger partial charge in [0.05, 0.1) is 34.9 Å². The maximum Gasteiger partial charge on any atom is 0.258 e. The molecule has 1 aromatic carbocycles. The average molecular weight is 605 g/mol. The highest BCUT2D eigenvalue weighted by atomic mass is 19.3. The number of amides is 2. The standard InChI is InChI=1S/C27H31F7N6O2/c1-13(36-26(42)22(32)18(29)10-28)16-3-4-19-20(9-16)38-24(37-19)23(15-5-7-27(33,34)8-6-15)39-25(41)17-11-35-40(14(17)2)12-21(30)31/h3-4,9,11,13,15,18,21-23H,5-8,10,12H2,1-2H3,(H,36,42)(H,37,38)(H,39,41)/t13-,18?,22?,23+/m1/s1. The first-order valence-electron chi connectivity index (χ1n) is 13.4. The van der Waals surface area contributed by atoms with E-state index in [1.807, 2.05) is 0 Å². The largest absolute Gasteiger partial charge is 0.347 e. The van der Waals surface area contributed by atoms with E-state index in [4.69, 9.17) is 0 Å². The third-order valence-electron chi connectivity index (χ3n) is 7.57. The number of benzene rings is 1. The van der Waals surface area contributed by atoms with E-state index in [0.29, 0.717) is 16.6 Å². The van der Waals surface area contributed by atoms with Gasteiger partial charge in [-0.1, -0.05) is 6.07 Å². The summed E-state index contributed by atoms with van der Waals surface area (Å²) in [5.41, 5.74) is 1.65. The van der Waals surface area contributed by atoms with Crippen molar-refractivity contribution in [2.75, 3.05) is 6.67 Å². The molecule has 4 atom stereocenters. The van der Waals surface area contributed by atoms with Crippen LogP contribution in [0.25, 0.3) is 11.0 Å². The minimum absolute atomic E-state index is 0.0548. The summed E-state index contributed by atoms with van der Waals surface area (Å²) < 4.78 is 94.1. The minimum Gasteiger partial charge on any atom is -0.347 e. The van der Waals surface area contributed by atoms with Crippen molar-refractivity contribution < 1.29 is 40.3 Å².